The Labute approximate surface area is 128 Å². The van der Waals surface area contributed by atoms with Crippen LogP contribution in [-0.4, -0.2) is 23.8 Å². The quantitative estimate of drug-likeness (QED) is 0.870. The first-order valence-corrected chi connectivity index (χ1v) is 8.43. The molecular weight excluding hydrogens is 310 g/mol. The first-order valence-electron chi connectivity index (χ1n) is 6.99. The van der Waals surface area contributed by atoms with E-state index in [2.05, 4.69) is 0 Å². The summed E-state index contributed by atoms with van der Waals surface area (Å²) in [5, 5.41) is 0. The average Bonchev–Trinajstić information content (AvgIpc) is 3.10. The Bertz CT molecular complexity index is 802. The number of sulfonamides is 1. The van der Waals surface area contributed by atoms with Gasteiger partial charge in [-0.2, -0.15) is 4.31 Å². The van der Waals surface area contributed by atoms with Gasteiger partial charge in [-0.1, -0.05) is 0 Å². The minimum atomic E-state index is -3.86. The highest BCUT2D eigenvalue weighted by molar-refractivity contribution is 7.89. The minimum absolute atomic E-state index is 0.215. The Morgan fingerprint density at radius 2 is 1.95 bits per heavy atom. The van der Waals surface area contributed by atoms with E-state index in [1.165, 1.54) is 4.31 Å². The molecule has 0 N–H and O–H groups in total. The lowest BCUT2D eigenvalue weighted by molar-refractivity contribution is 0.384. The van der Waals surface area contributed by atoms with Crippen molar-refractivity contribution in [1.82, 2.24) is 8.87 Å². The number of aromatic nitrogens is 1. The van der Waals surface area contributed by atoms with Gasteiger partial charge in [0.2, 0.25) is 10.0 Å². The number of hydrogen-bond donors (Lipinski definition) is 0. The van der Waals surface area contributed by atoms with E-state index in [0.717, 1.165) is 30.3 Å². The molecule has 118 valence electrons. The van der Waals surface area contributed by atoms with Crippen LogP contribution in [0, 0.1) is 11.6 Å². The van der Waals surface area contributed by atoms with E-state index in [-0.39, 0.29) is 10.9 Å². The lowest BCUT2D eigenvalue weighted by atomic mass is 10.1. The van der Waals surface area contributed by atoms with Crippen molar-refractivity contribution in [3.63, 3.8) is 0 Å². The molecule has 0 radical (unpaired) electrons. The molecule has 0 bridgehead atoms. The number of halogens is 2. The van der Waals surface area contributed by atoms with Crippen LogP contribution < -0.4 is 0 Å². The maximum Gasteiger partial charge on any atom is 0.243 e. The van der Waals surface area contributed by atoms with Gasteiger partial charge in [-0.25, -0.2) is 17.2 Å². The molecular formula is C15H16F2N2O2S. The Morgan fingerprint density at radius 3 is 2.59 bits per heavy atom. The zero-order valence-corrected chi connectivity index (χ0v) is 12.9. The van der Waals surface area contributed by atoms with E-state index in [4.69, 9.17) is 0 Å². The zero-order valence-electron chi connectivity index (χ0n) is 12.0. The van der Waals surface area contributed by atoms with Crippen molar-refractivity contribution in [2.24, 2.45) is 7.05 Å². The summed E-state index contributed by atoms with van der Waals surface area (Å²) in [5.74, 6) is -2.21. The number of aryl methyl sites for hydroxylation is 1. The second-order valence-electron chi connectivity index (χ2n) is 5.39. The van der Waals surface area contributed by atoms with E-state index in [0.29, 0.717) is 13.0 Å². The number of benzene rings is 1. The Kier molecular flexibility index (Phi) is 3.78. The third-order valence-electron chi connectivity index (χ3n) is 4.03. The molecule has 0 aliphatic carbocycles. The van der Waals surface area contributed by atoms with Gasteiger partial charge in [-0.05, 0) is 43.2 Å². The third-order valence-corrected chi connectivity index (χ3v) is 5.93. The molecule has 4 nitrogen and oxygen atoms in total. The smallest absolute Gasteiger partial charge is 0.243 e. The van der Waals surface area contributed by atoms with Crippen molar-refractivity contribution in [2.75, 3.05) is 6.54 Å². The Balaban J connectivity index is 2.00. The van der Waals surface area contributed by atoms with Gasteiger partial charge in [-0.15, -0.1) is 0 Å². The second kappa shape index (κ2) is 5.48. The minimum Gasteiger partial charge on any atom is -0.353 e. The molecule has 2 heterocycles. The lowest BCUT2D eigenvalue weighted by Gasteiger charge is -2.24. The average molecular weight is 326 g/mol. The molecule has 1 saturated heterocycles. The van der Waals surface area contributed by atoms with E-state index in [9.17, 15) is 17.2 Å². The van der Waals surface area contributed by atoms with E-state index < -0.39 is 21.7 Å². The molecule has 1 aliphatic heterocycles. The first kappa shape index (κ1) is 15.2. The van der Waals surface area contributed by atoms with Gasteiger partial charge in [0.25, 0.3) is 0 Å². The molecule has 0 saturated carbocycles. The van der Waals surface area contributed by atoms with Crippen LogP contribution in [0.5, 0.6) is 0 Å². The molecule has 22 heavy (non-hydrogen) atoms. The van der Waals surface area contributed by atoms with Crippen molar-refractivity contribution < 1.29 is 17.2 Å². The normalized spacial score (nSPS) is 19.7. The van der Waals surface area contributed by atoms with Crippen molar-refractivity contribution in [3.8, 4) is 0 Å². The fourth-order valence-corrected chi connectivity index (χ4v) is 4.60. The summed E-state index contributed by atoms with van der Waals surface area (Å²) in [6, 6.07) is 6.15. The summed E-state index contributed by atoms with van der Waals surface area (Å²) in [6.07, 6.45) is 3.30. The Hall–Kier alpha value is -1.73. The fraction of sp³-hybridized carbons (Fsp3) is 0.333. The molecule has 7 heteroatoms. The topological polar surface area (TPSA) is 42.3 Å². The van der Waals surface area contributed by atoms with Crippen LogP contribution in [0.1, 0.15) is 24.6 Å². The molecule has 1 aromatic carbocycles. The largest absolute Gasteiger partial charge is 0.353 e. The summed E-state index contributed by atoms with van der Waals surface area (Å²) in [7, 11) is -2.00. The number of hydrogen-bond acceptors (Lipinski definition) is 2. The Morgan fingerprint density at radius 1 is 1.18 bits per heavy atom. The first-order chi connectivity index (χ1) is 10.4. The van der Waals surface area contributed by atoms with E-state index in [1.54, 1.807) is 0 Å². The molecule has 3 rings (SSSR count). The number of rotatable bonds is 3. The van der Waals surface area contributed by atoms with Gasteiger partial charge in [0.05, 0.1) is 10.9 Å². The predicted molar refractivity (Wildman–Crippen MR) is 77.6 cm³/mol. The summed E-state index contributed by atoms with van der Waals surface area (Å²) >= 11 is 0. The maximum absolute atomic E-state index is 13.4. The summed E-state index contributed by atoms with van der Waals surface area (Å²) in [6.45, 7) is 0.372. The molecule has 1 fully saturated rings. The van der Waals surface area contributed by atoms with Crippen molar-refractivity contribution in [3.05, 3.63) is 53.9 Å². The highest BCUT2D eigenvalue weighted by Gasteiger charge is 2.37. The number of nitrogens with zero attached hydrogens (tertiary/aromatic N) is 2. The molecule has 1 unspecified atom stereocenters. The molecule has 1 atom stereocenters. The van der Waals surface area contributed by atoms with Crippen molar-refractivity contribution in [2.45, 2.75) is 23.8 Å². The van der Waals surface area contributed by atoms with E-state index in [1.807, 2.05) is 29.9 Å². The SMILES string of the molecule is Cn1cccc1C1CCCN1S(=O)(=O)c1ccc(F)c(F)c1. The van der Waals surface area contributed by atoms with Gasteiger partial charge in [0, 0.05) is 25.5 Å². The van der Waals surface area contributed by atoms with Gasteiger partial charge < -0.3 is 4.57 Å². The maximum atomic E-state index is 13.4. The van der Waals surface area contributed by atoms with Crippen molar-refractivity contribution in [1.29, 1.82) is 0 Å². The summed E-state index contributed by atoms with van der Waals surface area (Å²) in [4.78, 5) is -0.215. The van der Waals surface area contributed by atoms with Crippen LogP contribution in [0.2, 0.25) is 0 Å². The highest BCUT2D eigenvalue weighted by atomic mass is 32.2. The molecule has 0 spiro atoms. The summed E-state index contributed by atoms with van der Waals surface area (Å²) in [5.41, 5.74) is 0.892. The predicted octanol–water partition coefficient (Wildman–Crippen LogP) is 2.83. The van der Waals surface area contributed by atoms with Crippen LogP contribution in [0.25, 0.3) is 0 Å². The van der Waals surface area contributed by atoms with Crippen LogP contribution in [0.15, 0.2) is 41.4 Å². The van der Waals surface area contributed by atoms with Gasteiger partial charge >= 0.3 is 0 Å². The molecule has 2 aromatic rings. The second-order valence-corrected chi connectivity index (χ2v) is 7.28. The molecule has 1 aliphatic rings. The standard InChI is InChI=1S/C15H16F2N2O2S/c1-18-8-2-4-14(18)15-5-3-9-19(15)22(20,21)11-6-7-12(16)13(17)10-11/h2,4,6-8,10,15H,3,5,9H2,1H3. The van der Waals surface area contributed by atoms with E-state index >= 15 is 0 Å². The third kappa shape index (κ3) is 2.44. The highest BCUT2D eigenvalue weighted by Crippen LogP contribution is 2.36. The van der Waals surface area contributed by atoms with Gasteiger partial charge in [0.1, 0.15) is 0 Å². The zero-order chi connectivity index (χ0) is 15.9. The monoisotopic (exact) mass is 326 g/mol. The van der Waals surface area contributed by atoms with Crippen LogP contribution in [0.3, 0.4) is 0 Å². The summed E-state index contributed by atoms with van der Waals surface area (Å²) < 4.78 is 55.1. The van der Waals surface area contributed by atoms with Gasteiger partial charge in [-0.3, -0.25) is 0 Å². The molecule has 1 aromatic heterocycles. The fourth-order valence-electron chi connectivity index (χ4n) is 2.92. The van der Waals surface area contributed by atoms with Crippen LogP contribution >= 0.6 is 0 Å². The molecule has 0 amide bonds. The van der Waals surface area contributed by atoms with Gasteiger partial charge in [0.15, 0.2) is 11.6 Å². The lowest BCUT2D eigenvalue weighted by Crippen LogP contribution is -2.31. The van der Waals surface area contributed by atoms with Crippen molar-refractivity contribution >= 4 is 10.0 Å². The van der Waals surface area contributed by atoms with Crippen LogP contribution in [-0.2, 0) is 17.1 Å². The van der Waals surface area contributed by atoms with Crippen LogP contribution in [0.4, 0.5) is 8.78 Å².